The van der Waals surface area contributed by atoms with Gasteiger partial charge in [0.2, 0.25) is 0 Å². The smallest absolute Gasteiger partial charge is 0.257 e. The average Bonchev–Trinajstić information content (AvgIpc) is 3.46. The Morgan fingerprint density at radius 1 is 1.19 bits per heavy atom. The van der Waals surface area contributed by atoms with Crippen LogP contribution in [0.5, 0.6) is 5.75 Å². The van der Waals surface area contributed by atoms with E-state index in [1.165, 1.54) is 0 Å². The molecule has 2 N–H and O–H groups in total. The number of amides is 1. The van der Waals surface area contributed by atoms with Crippen LogP contribution in [0.25, 0.3) is 22.2 Å². The third-order valence-electron chi connectivity index (χ3n) is 6.14. The van der Waals surface area contributed by atoms with Crippen LogP contribution in [0, 0.1) is 5.92 Å². The van der Waals surface area contributed by atoms with Crippen molar-refractivity contribution in [1.29, 1.82) is 0 Å². The molecule has 0 radical (unpaired) electrons. The molecule has 0 bridgehead atoms. The van der Waals surface area contributed by atoms with E-state index in [9.17, 15) is 9.90 Å². The number of H-pyrrole nitrogens is 1. The Morgan fingerprint density at radius 2 is 2.06 bits per heavy atom. The highest BCUT2D eigenvalue weighted by atomic mass is 16.5. The zero-order valence-corrected chi connectivity index (χ0v) is 17.7. The van der Waals surface area contributed by atoms with E-state index in [2.05, 4.69) is 15.2 Å². The highest BCUT2D eigenvalue weighted by Crippen LogP contribution is 2.29. The number of nitrogens with one attached hydrogen (secondary N) is 1. The third-order valence-corrected chi connectivity index (χ3v) is 6.14. The molecule has 162 valence electrons. The first-order valence-corrected chi connectivity index (χ1v) is 10.6. The number of carbonyl (C=O) groups excluding carboxylic acids is 1. The van der Waals surface area contributed by atoms with Crippen molar-refractivity contribution in [2.75, 3.05) is 20.2 Å². The van der Waals surface area contributed by atoms with Crippen LogP contribution in [0.3, 0.4) is 0 Å². The zero-order valence-electron chi connectivity index (χ0n) is 17.7. The predicted molar refractivity (Wildman–Crippen MR) is 121 cm³/mol. The Labute approximate surface area is 185 Å². The fourth-order valence-corrected chi connectivity index (χ4v) is 4.45. The summed E-state index contributed by atoms with van der Waals surface area (Å²) in [4.78, 5) is 19.5. The molecule has 32 heavy (non-hydrogen) atoms. The molecule has 0 unspecified atom stereocenters. The highest BCUT2D eigenvalue weighted by Gasteiger charge is 2.35. The number of nitrogens with zero attached hydrogens (tertiary/aromatic N) is 3. The van der Waals surface area contributed by atoms with Gasteiger partial charge in [-0.3, -0.25) is 14.9 Å². The molecule has 0 spiro atoms. The van der Waals surface area contributed by atoms with Crippen molar-refractivity contribution < 1.29 is 14.6 Å². The van der Waals surface area contributed by atoms with Gasteiger partial charge in [0, 0.05) is 36.2 Å². The molecule has 7 nitrogen and oxygen atoms in total. The van der Waals surface area contributed by atoms with Crippen molar-refractivity contribution in [3.05, 3.63) is 78.1 Å². The van der Waals surface area contributed by atoms with Gasteiger partial charge in [0.05, 0.1) is 36.2 Å². The van der Waals surface area contributed by atoms with Crippen molar-refractivity contribution >= 4 is 16.8 Å². The number of likely N-dealkylation sites (tertiary alicyclic amines) is 1. The van der Waals surface area contributed by atoms with Gasteiger partial charge in [-0.2, -0.15) is 5.10 Å². The van der Waals surface area contributed by atoms with Crippen LogP contribution in [-0.2, 0) is 6.42 Å². The van der Waals surface area contributed by atoms with E-state index in [1.54, 1.807) is 24.4 Å². The Hall–Kier alpha value is -3.71. The first-order chi connectivity index (χ1) is 15.6. The van der Waals surface area contributed by atoms with Gasteiger partial charge < -0.3 is 14.7 Å². The lowest BCUT2D eigenvalue weighted by atomic mass is 9.94. The Bertz CT molecular complexity index is 1260. The lowest BCUT2D eigenvalue weighted by Crippen LogP contribution is -2.29. The Balaban J connectivity index is 1.36. The quantitative estimate of drug-likeness (QED) is 0.509. The summed E-state index contributed by atoms with van der Waals surface area (Å²) < 4.78 is 5.30. The number of β-amino-alcohol motifs (C(OH)–C–C–N with tert-alkyl or cyclic N) is 1. The summed E-state index contributed by atoms with van der Waals surface area (Å²) >= 11 is 0. The van der Waals surface area contributed by atoms with Crippen LogP contribution in [0.1, 0.15) is 15.9 Å². The van der Waals surface area contributed by atoms with E-state index in [1.807, 2.05) is 54.6 Å². The zero-order chi connectivity index (χ0) is 22.1. The maximum atomic E-state index is 13.3. The van der Waals surface area contributed by atoms with E-state index >= 15 is 0 Å². The van der Waals surface area contributed by atoms with E-state index < -0.39 is 6.10 Å². The minimum absolute atomic E-state index is 0.0445. The van der Waals surface area contributed by atoms with Crippen molar-refractivity contribution in [2.24, 2.45) is 5.92 Å². The summed E-state index contributed by atoms with van der Waals surface area (Å²) in [5.41, 5.74) is 4.03. The molecular formula is C25H24N4O3. The summed E-state index contributed by atoms with van der Waals surface area (Å²) in [5, 5.41) is 18.9. The second-order valence-electron chi connectivity index (χ2n) is 8.12. The summed E-state index contributed by atoms with van der Waals surface area (Å²) in [7, 11) is 1.61. The normalized spacial score (nSPS) is 18.2. The molecule has 0 aliphatic carbocycles. The van der Waals surface area contributed by atoms with Crippen LogP contribution >= 0.6 is 0 Å². The molecule has 1 fully saturated rings. The number of aromatic amines is 1. The molecule has 5 rings (SSSR count). The molecule has 1 aliphatic heterocycles. The lowest BCUT2D eigenvalue weighted by Gasteiger charge is -2.17. The molecule has 2 atom stereocenters. The number of ether oxygens (including phenoxy) is 1. The summed E-state index contributed by atoms with van der Waals surface area (Å²) in [5.74, 6) is 0.520. The Kier molecular flexibility index (Phi) is 5.33. The predicted octanol–water partition coefficient (Wildman–Crippen LogP) is 3.31. The maximum Gasteiger partial charge on any atom is 0.257 e. The summed E-state index contributed by atoms with van der Waals surface area (Å²) in [6.07, 6.45) is 3.45. The standard InChI is InChI=1S/C25H24N4O3/c1-32-19-6-4-5-17(12-19)24-21(13-27-28-24)25(31)29-14-18(23(30)15-29)11-16-9-10-26-22-8-3-2-7-20(16)22/h2-10,12-13,18,23,30H,11,14-15H2,1H3,(H,27,28)/t18-,23-/m1/s1. The number of fused-ring (bicyclic) bond motifs is 1. The molecule has 1 saturated heterocycles. The van der Waals surface area contributed by atoms with Crippen molar-refractivity contribution in [1.82, 2.24) is 20.1 Å². The number of benzene rings is 2. The second-order valence-corrected chi connectivity index (χ2v) is 8.12. The lowest BCUT2D eigenvalue weighted by molar-refractivity contribution is 0.0765. The number of aliphatic hydroxyl groups is 1. The molecule has 2 aromatic carbocycles. The van der Waals surface area contributed by atoms with Crippen LogP contribution in [0.2, 0.25) is 0 Å². The Morgan fingerprint density at radius 3 is 2.94 bits per heavy atom. The number of hydrogen-bond donors (Lipinski definition) is 2. The molecule has 0 saturated carbocycles. The summed E-state index contributed by atoms with van der Waals surface area (Å²) in [6.45, 7) is 0.786. The first kappa shape index (κ1) is 20.2. The van der Waals surface area contributed by atoms with E-state index in [0.717, 1.165) is 22.0 Å². The van der Waals surface area contributed by atoms with Gasteiger partial charge in [0.1, 0.15) is 5.75 Å². The molecule has 7 heteroatoms. The number of para-hydroxylation sites is 1. The number of rotatable bonds is 5. The second kappa shape index (κ2) is 8.43. The highest BCUT2D eigenvalue weighted by molar-refractivity contribution is 6.00. The van der Waals surface area contributed by atoms with Crippen LogP contribution in [0.4, 0.5) is 0 Å². The number of carbonyl (C=O) groups is 1. The van der Waals surface area contributed by atoms with Crippen LogP contribution in [-0.4, -0.2) is 57.4 Å². The number of pyridine rings is 1. The number of aliphatic hydroxyl groups excluding tert-OH is 1. The molecule has 3 heterocycles. The van der Waals surface area contributed by atoms with Gasteiger partial charge in [0.25, 0.3) is 5.91 Å². The molecule has 2 aromatic heterocycles. The molecule has 1 amide bonds. The van der Waals surface area contributed by atoms with Gasteiger partial charge in [0.15, 0.2) is 0 Å². The minimum Gasteiger partial charge on any atom is -0.497 e. The van der Waals surface area contributed by atoms with E-state index in [-0.39, 0.29) is 11.8 Å². The maximum absolute atomic E-state index is 13.3. The fraction of sp³-hybridized carbons (Fsp3) is 0.240. The minimum atomic E-state index is -0.585. The van der Waals surface area contributed by atoms with Crippen molar-refractivity contribution in [3.8, 4) is 17.0 Å². The largest absolute Gasteiger partial charge is 0.497 e. The molecule has 1 aliphatic rings. The van der Waals surface area contributed by atoms with Gasteiger partial charge in [-0.25, -0.2) is 0 Å². The van der Waals surface area contributed by atoms with Gasteiger partial charge >= 0.3 is 0 Å². The fourth-order valence-electron chi connectivity index (χ4n) is 4.45. The third kappa shape index (κ3) is 3.71. The van der Waals surface area contributed by atoms with Crippen molar-refractivity contribution in [2.45, 2.75) is 12.5 Å². The van der Waals surface area contributed by atoms with E-state index in [4.69, 9.17) is 4.74 Å². The number of methoxy groups -OCH3 is 1. The van der Waals surface area contributed by atoms with Crippen molar-refractivity contribution in [3.63, 3.8) is 0 Å². The number of aromatic nitrogens is 3. The monoisotopic (exact) mass is 428 g/mol. The van der Waals surface area contributed by atoms with Crippen LogP contribution < -0.4 is 4.74 Å². The number of hydrogen-bond acceptors (Lipinski definition) is 5. The average molecular weight is 428 g/mol. The molecule has 4 aromatic rings. The van der Waals surface area contributed by atoms with Crippen LogP contribution in [0.15, 0.2) is 67.0 Å². The van der Waals surface area contributed by atoms with Gasteiger partial charge in [-0.1, -0.05) is 30.3 Å². The van der Waals surface area contributed by atoms with Gasteiger partial charge in [-0.15, -0.1) is 0 Å². The SMILES string of the molecule is COc1cccc(-c2[nH]ncc2C(=O)N2C[C@@H](Cc3ccnc4ccccc34)[C@H](O)C2)c1. The van der Waals surface area contributed by atoms with Gasteiger partial charge in [-0.05, 0) is 36.2 Å². The summed E-state index contributed by atoms with van der Waals surface area (Å²) in [6, 6.07) is 17.5. The topological polar surface area (TPSA) is 91.3 Å². The van der Waals surface area contributed by atoms with E-state index in [0.29, 0.717) is 36.5 Å². The molecular weight excluding hydrogens is 404 g/mol. The first-order valence-electron chi connectivity index (χ1n) is 10.6.